The van der Waals surface area contributed by atoms with E-state index in [4.69, 9.17) is 5.73 Å². The molecular formula is C9H11BrN2. The molecule has 1 aliphatic rings. The summed E-state index contributed by atoms with van der Waals surface area (Å²) in [4.78, 5) is 4.15. The second kappa shape index (κ2) is 2.82. The molecule has 1 heterocycles. The molecule has 0 atom stereocenters. The monoisotopic (exact) mass is 226 g/mol. The van der Waals surface area contributed by atoms with E-state index >= 15 is 0 Å². The zero-order valence-electron chi connectivity index (χ0n) is 6.76. The lowest BCUT2D eigenvalue weighted by molar-refractivity contribution is 0.670. The molecule has 1 saturated carbocycles. The van der Waals surface area contributed by atoms with Crippen molar-refractivity contribution in [1.29, 1.82) is 0 Å². The number of pyridine rings is 1. The van der Waals surface area contributed by atoms with E-state index in [1.807, 2.05) is 12.3 Å². The van der Waals surface area contributed by atoms with E-state index in [0.717, 1.165) is 23.9 Å². The van der Waals surface area contributed by atoms with Gasteiger partial charge in [0, 0.05) is 11.7 Å². The highest BCUT2D eigenvalue weighted by Gasteiger charge is 2.37. The summed E-state index contributed by atoms with van der Waals surface area (Å²) in [6.45, 7) is 0. The van der Waals surface area contributed by atoms with Crippen LogP contribution in [0, 0.1) is 0 Å². The molecule has 0 aliphatic heterocycles. The van der Waals surface area contributed by atoms with Crippen molar-refractivity contribution in [3.8, 4) is 0 Å². The fourth-order valence-electron chi connectivity index (χ4n) is 1.25. The Balaban J connectivity index is 2.08. The van der Waals surface area contributed by atoms with E-state index in [2.05, 4.69) is 27.0 Å². The molecule has 2 rings (SSSR count). The molecule has 0 spiro atoms. The number of hydrogen-bond acceptors (Lipinski definition) is 2. The van der Waals surface area contributed by atoms with E-state index in [1.165, 1.54) is 5.56 Å². The molecule has 3 heteroatoms. The van der Waals surface area contributed by atoms with Gasteiger partial charge < -0.3 is 5.73 Å². The van der Waals surface area contributed by atoms with E-state index in [1.54, 1.807) is 0 Å². The molecule has 0 amide bonds. The summed E-state index contributed by atoms with van der Waals surface area (Å²) in [6.07, 6.45) is 5.16. The highest BCUT2D eigenvalue weighted by Crippen LogP contribution is 2.35. The highest BCUT2D eigenvalue weighted by atomic mass is 79.9. The van der Waals surface area contributed by atoms with Gasteiger partial charge in [-0.25, -0.2) is 4.98 Å². The molecule has 0 aromatic carbocycles. The first-order valence-electron chi connectivity index (χ1n) is 4.07. The average molecular weight is 227 g/mol. The van der Waals surface area contributed by atoms with Crippen LogP contribution in [0.2, 0.25) is 0 Å². The van der Waals surface area contributed by atoms with Crippen LogP contribution >= 0.6 is 15.9 Å². The van der Waals surface area contributed by atoms with Crippen LogP contribution < -0.4 is 5.73 Å². The highest BCUT2D eigenvalue weighted by molar-refractivity contribution is 9.10. The average Bonchev–Trinajstić information content (AvgIpc) is 2.74. The van der Waals surface area contributed by atoms with Gasteiger partial charge in [0.2, 0.25) is 0 Å². The molecule has 12 heavy (non-hydrogen) atoms. The van der Waals surface area contributed by atoms with Crippen molar-refractivity contribution in [2.24, 2.45) is 5.73 Å². The summed E-state index contributed by atoms with van der Waals surface area (Å²) in [5, 5.41) is 0. The molecule has 0 bridgehead atoms. The topological polar surface area (TPSA) is 38.9 Å². The molecule has 1 aromatic rings. The fourth-order valence-corrected chi connectivity index (χ4v) is 1.49. The van der Waals surface area contributed by atoms with Crippen molar-refractivity contribution >= 4 is 15.9 Å². The third-order valence-electron chi connectivity index (χ3n) is 2.24. The normalized spacial score (nSPS) is 19.2. The number of nitrogens with two attached hydrogens (primary N) is 1. The molecule has 1 fully saturated rings. The van der Waals surface area contributed by atoms with Crippen LogP contribution in [0.4, 0.5) is 0 Å². The Bertz CT molecular complexity index is 277. The number of halogens is 1. The number of rotatable bonds is 2. The van der Waals surface area contributed by atoms with E-state index < -0.39 is 0 Å². The lowest BCUT2D eigenvalue weighted by atomic mass is 10.1. The lowest BCUT2D eigenvalue weighted by Crippen LogP contribution is -2.24. The molecule has 64 valence electrons. The largest absolute Gasteiger partial charge is 0.325 e. The van der Waals surface area contributed by atoms with Crippen LogP contribution in [-0.4, -0.2) is 10.5 Å². The molecule has 1 aliphatic carbocycles. The van der Waals surface area contributed by atoms with Gasteiger partial charge in [0.15, 0.2) is 0 Å². The van der Waals surface area contributed by atoms with E-state index in [9.17, 15) is 0 Å². The summed E-state index contributed by atoms with van der Waals surface area (Å²) < 4.78 is 0.883. The maximum atomic E-state index is 5.98. The van der Waals surface area contributed by atoms with E-state index in [-0.39, 0.29) is 5.54 Å². The Morgan fingerprint density at radius 3 is 2.75 bits per heavy atom. The van der Waals surface area contributed by atoms with Crippen molar-refractivity contribution < 1.29 is 0 Å². The Labute approximate surface area is 80.3 Å². The van der Waals surface area contributed by atoms with Gasteiger partial charge in [0.1, 0.15) is 4.60 Å². The lowest BCUT2D eigenvalue weighted by Gasteiger charge is -2.07. The summed E-state index contributed by atoms with van der Waals surface area (Å²) >= 11 is 3.30. The predicted molar refractivity (Wildman–Crippen MR) is 51.8 cm³/mol. The van der Waals surface area contributed by atoms with Gasteiger partial charge in [-0.1, -0.05) is 6.07 Å². The first kappa shape index (κ1) is 8.20. The number of nitrogens with zero attached hydrogens (tertiary/aromatic N) is 1. The first-order chi connectivity index (χ1) is 5.68. The van der Waals surface area contributed by atoms with Crippen molar-refractivity contribution in [2.75, 3.05) is 0 Å². The van der Waals surface area contributed by atoms with Gasteiger partial charge >= 0.3 is 0 Å². The molecule has 0 unspecified atom stereocenters. The quantitative estimate of drug-likeness (QED) is 0.783. The minimum absolute atomic E-state index is 0.0928. The summed E-state index contributed by atoms with van der Waals surface area (Å²) in [6, 6.07) is 4.03. The second-order valence-corrected chi connectivity index (χ2v) is 4.34. The Hall–Kier alpha value is -0.410. The van der Waals surface area contributed by atoms with Crippen molar-refractivity contribution in [1.82, 2.24) is 4.98 Å². The van der Waals surface area contributed by atoms with Gasteiger partial charge in [0.05, 0.1) is 0 Å². The summed E-state index contributed by atoms with van der Waals surface area (Å²) in [7, 11) is 0. The van der Waals surface area contributed by atoms with Gasteiger partial charge in [0.25, 0.3) is 0 Å². The summed E-state index contributed by atoms with van der Waals surface area (Å²) in [5.74, 6) is 0. The van der Waals surface area contributed by atoms with Gasteiger partial charge in [-0.3, -0.25) is 0 Å². The SMILES string of the molecule is NC1(Cc2ccc(Br)nc2)CC1. The smallest absolute Gasteiger partial charge is 0.106 e. The van der Waals surface area contributed by atoms with Gasteiger partial charge in [-0.2, -0.15) is 0 Å². The third kappa shape index (κ3) is 1.84. The van der Waals surface area contributed by atoms with Crippen LogP contribution in [0.3, 0.4) is 0 Å². The third-order valence-corrected chi connectivity index (χ3v) is 2.71. The van der Waals surface area contributed by atoms with Crippen LogP contribution in [0.25, 0.3) is 0 Å². The Morgan fingerprint density at radius 1 is 1.50 bits per heavy atom. The first-order valence-corrected chi connectivity index (χ1v) is 4.87. The second-order valence-electron chi connectivity index (χ2n) is 3.53. The Morgan fingerprint density at radius 2 is 2.25 bits per heavy atom. The standard InChI is InChI=1S/C9H11BrN2/c10-8-2-1-7(6-12-8)5-9(11)3-4-9/h1-2,6H,3-5,11H2. The Kier molecular flexibility index (Phi) is 1.93. The maximum Gasteiger partial charge on any atom is 0.106 e. The molecular weight excluding hydrogens is 216 g/mol. The number of hydrogen-bond donors (Lipinski definition) is 1. The minimum Gasteiger partial charge on any atom is -0.325 e. The van der Waals surface area contributed by atoms with Crippen LogP contribution in [0.5, 0.6) is 0 Å². The summed E-state index contributed by atoms with van der Waals surface area (Å²) in [5.41, 5.74) is 7.30. The van der Waals surface area contributed by atoms with Crippen molar-refractivity contribution in [2.45, 2.75) is 24.8 Å². The van der Waals surface area contributed by atoms with Crippen LogP contribution in [0.15, 0.2) is 22.9 Å². The van der Waals surface area contributed by atoms with Crippen molar-refractivity contribution in [3.05, 3.63) is 28.5 Å². The van der Waals surface area contributed by atoms with Gasteiger partial charge in [-0.15, -0.1) is 0 Å². The molecule has 0 saturated heterocycles. The molecule has 0 radical (unpaired) electrons. The molecule has 1 aromatic heterocycles. The molecule has 2 N–H and O–H groups in total. The zero-order valence-corrected chi connectivity index (χ0v) is 8.34. The van der Waals surface area contributed by atoms with Gasteiger partial charge in [-0.05, 0) is 46.8 Å². The van der Waals surface area contributed by atoms with E-state index in [0.29, 0.717) is 0 Å². The predicted octanol–water partition coefficient (Wildman–Crippen LogP) is 1.88. The van der Waals surface area contributed by atoms with Crippen LogP contribution in [0.1, 0.15) is 18.4 Å². The zero-order chi connectivity index (χ0) is 8.60. The maximum absolute atomic E-state index is 5.98. The number of aromatic nitrogens is 1. The molecule has 2 nitrogen and oxygen atoms in total. The minimum atomic E-state index is 0.0928. The van der Waals surface area contributed by atoms with Crippen LogP contribution in [-0.2, 0) is 6.42 Å². The van der Waals surface area contributed by atoms with Crippen molar-refractivity contribution in [3.63, 3.8) is 0 Å². The fraction of sp³-hybridized carbons (Fsp3) is 0.444.